The van der Waals surface area contributed by atoms with Crippen molar-refractivity contribution in [2.24, 2.45) is 0 Å². The van der Waals surface area contributed by atoms with Gasteiger partial charge in [-0.1, -0.05) is 29.8 Å². The number of hydrogen-bond acceptors (Lipinski definition) is 4. The van der Waals surface area contributed by atoms with Crippen LogP contribution in [0.3, 0.4) is 0 Å². The summed E-state index contributed by atoms with van der Waals surface area (Å²) < 4.78 is 24.8. The molecule has 5 nitrogen and oxygen atoms in total. The van der Waals surface area contributed by atoms with Gasteiger partial charge in [-0.2, -0.15) is 0 Å². The van der Waals surface area contributed by atoms with Gasteiger partial charge in [0.05, 0.1) is 0 Å². The van der Waals surface area contributed by atoms with E-state index in [0.717, 1.165) is 5.56 Å². The van der Waals surface area contributed by atoms with Crippen LogP contribution in [-0.4, -0.2) is 19.4 Å². The number of benzene rings is 1. The van der Waals surface area contributed by atoms with E-state index in [-0.39, 0.29) is 4.91 Å². The smallest absolute Gasteiger partial charge is 0.301 e. The van der Waals surface area contributed by atoms with Crippen LogP contribution in [0, 0.1) is 6.92 Å². The van der Waals surface area contributed by atoms with E-state index in [2.05, 4.69) is 0 Å². The molecule has 2 N–H and O–H groups in total. The molecule has 0 aliphatic carbocycles. The maximum Gasteiger partial charge on any atom is 0.301 e. The van der Waals surface area contributed by atoms with Gasteiger partial charge >= 0.3 is 5.91 Å². The Labute approximate surface area is 92.5 Å². The third-order valence-electron chi connectivity index (χ3n) is 2.21. The van der Waals surface area contributed by atoms with Gasteiger partial charge in [-0.15, -0.1) is 0 Å². The molecule has 1 heterocycles. The Bertz CT molecular complexity index is 601. The minimum Gasteiger partial charge on any atom is -0.502 e. The van der Waals surface area contributed by atoms with Crippen molar-refractivity contribution < 1.29 is 18.3 Å². The van der Waals surface area contributed by atoms with Gasteiger partial charge in [-0.05, 0) is 12.5 Å². The lowest BCUT2D eigenvalue weighted by atomic mass is 10.1. The van der Waals surface area contributed by atoms with Gasteiger partial charge in [0, 0.05) is 0 Å². The lowest BCUT2D eigenvalue weighted by Gasteiger charge is -2.02. The molecule has 2 rings (SSSR count). The van der Waals surface area contributed by atoms with Crippen molar-refractivity contribution in [3.05, 3.63) is 41.2 Å². The number of aliphatic hydroxyl groups is 1. The summed E-state index contributed by atoms with van der Waals surface area (Å²) in [6.45, 7) is 1.79. The molecule has 6 heteroatoms. The Morgan fingerprint density at radius 1 is 1.31 bits per heavy atom. The summed E-state index contributed by atoms with van der Waals surface area (Å²) in [6.07, 6.45) is 0. The van der Waals surface area contributed by atoms with Gasteiger partial charge in [0.25, 0.3) is 10.0 Å². The molecule has 1 aliphatic heterocycles. The monoisotopic (exact) mass is 239 g/mol. The fourth-order valence-corrected chi connectivity index (χ4v) is 2.76. The van der Waals surface area contributed by atoms with Crippen molar-refractivity contribution in [3.63, 3.8) is 0 Å². The number of rotatable bonds is 1. The van der Waals surface area contributed by atoms with Crippen LogP contribution < -0.4 is 4.72 Å². The summed E-state index contributed by atoms with van der Waals surface area (Å²) in [5, 5.41) is 9.43. The summed E-state index contributed by atoms with van der Waals surface area (Å²) in [5.74, 6) is -1.75. The van der Waals surface area contributed by atoms with Crippen molar-refractivity contribution in [1.82, 2.24) is 4.72 Å². The highest BCUT2D eigenvalue weighted by atomic mass is 32.2. The quantitative estimate of drug-likeness (QED) is 0.755. The number of sulfonamides is 1. The Kier molecular flexibility index (Phi) is 2.23. The first-order chi connectivity index (χ1) is 7.42. The molecule has 0 unspecified atom stereocenters. The van der Waals surface area contributed by atoms with Crippen molar-refractivity contribution in [2.75, 3.05) is 0 Å². The minimum atomic E-state index is -3.93. The van der Waals surface area contributed by atoms with Crippen molar-refractivity contribution >= 4 is 20.8 Å². The molecular weight excluding hydrogens is 230 g/mol. The highest BCUT2D eigenvalue weighted by molar-refractivity contribution is 8.00. The summed E-state index contributed by atoms with van der Waals surface area (Å²) in [5.41, 5.74) is 1.14. The number of aliphatic hydroxyl groups excluding tert-OH is 1. The molecule has 1 aromatic rings. The van der Waals surface area contributed by atoms with Crippen molar-refractivity contribution in [2.45, 2.75) is 6.92 Å². The van der Waals surface area contributed by atoms with Gasteiger partial charge in [-0.3, -0.25) is 4.79 Å². The van der Waals surface area contributed by atoms with E-state index in [1.165, 1.54) is 6.07 Å². The first-order valence-electron chi connectivity index (χ1n) is 4.49. The molecular formula is C10H9NO4S. The SMILES string of the molecule is Cc1cccc(C2=C(O)C(=O)NS2(=O)=O)c1. The van der Waals surface area contributed by atoms with Crippen LogP contribution in [0.4, 0.5) is 0 Å². The van der Waals surface area contributed by atoms with Gasteiger partial charge in [-0.25, -0.2) is 13.1 Å². The van der Waals surface area contributed by atoms with E-state index < -0.39 is 21.7 Å². The minimum absolute atomic E-state index is 0.302. The maximum atomic E-state index is 11.5. The molecule has 0 spiro atoms. The number of carbonyl (C=O) groups excluding carboxylic acids is 1. The van der Waals surface area contributed by atoms with E-state index in [1.807, 2.05) is 0 Å². The molecule has 1 amide bonds. The van der Waals surface area contributed by atoms with Crippen LogP contribution >= 0.6 is 0 Å². The Balaban J connectivity index is 2.68. The predicted octanol–water partition coefficient (Wildman–Crippen LogP) is 0.681. The van der Waals surface area contributed by atoms with E-state index in [4.69, 9.17) is 0 Å². The summed E-state index contributed by atoms with van der Waals surface area (Å²) >= 11 is 0. The highest BCUT2D eigenvalue weighted by Gasteiger charge is 2.36. The molecule has 1 aliphatic rings. The first kappa shape index (κ1) is 10.7. The molecule has 0 bridgehead atoms. The Morgan fingerprint density at radius 2 is 2.00 bits per heavy atom. The van der Waals surface area contributed by atoms with Crippen molar-refractivity contribution in [1.29, 1.82) is 0 Å². The molecule has 0 aromatic heterocycles. The number of carbonyl (C=O) groups is 1. The molecule has 84 valence electrons. The first-order valence-corrected chi connectivity index (χ1v) is 5.97. The summed E-state index contributed by atoms with van der Waals surface area (Å²) in [6, 6.07) is 6.56. The third-order valence-corrected chi connectivity index (χ3v) is 3.63. The van der Waals surface area contributed by atoms with Crippen LogP contribution in [0.15, 0.2) is 30.0 Å². The zero-order chi connectivity index (χ0) is 11.9. The van der Waals surface area contributed by atoms with Crippen LogP contribution in [0.2, 0.25) is 0 Å². The summed E-state index contributed by atoms with van der Waals surface area (Å²) in [4.78, 5) is 10.7. The normalized spacial score (nSPS) is 18.7. The predicted molar refractivity (Wildman–Crippen MR) is 57.8 cm³/mol. The average molecular weight is 239 g/mol. The maximum absolute atomic E-state index is 11.5. The van der Waals surface area contributed by atoms with Crippen LogP contribution in [0.1, 0.15) is 11.1 Å². The lowest BCUT2D eigenvalue weighted by molar-refractivity contribution is -0.117. The van der Waals surface area contributed by atoms with Crippen LogP contribution in [-0.2, 0) is 14.8 Å². The number of aryl methyl sites for hydroxylation is 1. The topological polar surface area (TPSA) is 83.5 Å². The van der Waals surface area contributed by atoms with Gasteiger partial charge in [0.15, 0.2) is 0 Å². The molecule has 0 fully saturated rings. The second-order valence-electron chi connectivity index (χ2n) is 3.48. The van der Waals surface area contributed by atoms with Gasteiger partial charge < -0.3 is 5.11 Å². The third kappa shape index (κ3) is 1.57. The lowest BCUT2D eigenvalue weighted by Crippen LogP contribution is -2.23. The second-order valence-corrected chi connectivity index (χ2v) is 5.10. The molecule has 0 saturated carbocycles. The number of hydrogen-bond donors (Lipinski definition) is 2. The zero-order valence-electron chi connectivity index (χ0n) is 8.39. The van der Waals surface area contributed by atoms with Crippen molar-refractivity contribution in [3.8, 4) is 0 Å². The van der Waals surface area contributed by atoms with Crippen LogP contribution in [0.5, 0.6) is 0 Å². The highest BCUT2D eigenvalue weighted by Crippen LogP contribution is 2.28. The number of amides is 1. The standard InChI is InChI=1S/C10H9NO4S/c1-6-3-2-4-7(5-6)9-8(12)10(13)11-16(9,14)15/h2-5,12H,1H3,(H,11,13). The molecule has 0 saturated heterocycles. The van der Waals surface area contributed by atoms with Gasteiger partial charge in [0.1, 0.15) is 4.91 Å². The molecule has 0 atom stereocenters. The Hall–Kier alpha value is -1.82. The largest absolute Gasteiger partial charge is 0.502 e. The molecule has 16 heavy (non-hydrogen) atoms. The van der Waals surface area contributed by atoms with E-state index in [1.54, 1.807) is 29.8 Å². The van der Waals surface area contributed by atoms with E-state index in [9.17, 15) is 18.3 Å². The molecule has 0 radical (unpaired) electrons. The Morgan fingerprint density at radius 3 is 2.50 bits per heavy atom. The van der Waals surface area contributed by atoms with E-state index in [0.29, 0.717) is 5.56 Å². The van der Waals surface area contributed by atoms with Gasteiger partial charge in [0.2, 0.25) is 5.76 Å². The van der Waals surface area contributed by atoms with E-state index >= 15 is 0 Å². The fourth-order valence-electron chi connectivity index (χ4n) is 1.53. The second kappa shape index (κ2) is 3.34. The fraction of sp³-hybridized carbons (Fsp3) is 0.100. The average Bonchev–Trinajstić information content (AvgIpc) is 2.35. The molecule has 1 aromatic carbocycles. The number of nitrogens with one attached hydrogen (secondary N) is 1. The summed E-state index contributed by atoms with van der Waals surface area (Å²) in [7, 11) is -3.93. The van der Waals surface area contributed by atoms with Crippen LogP contribution in [0.25, 0.3) is 4.91 Å². The zero-order valence-corrected chi connectivity index (χ0v) is 9.21.